The molecule has 0 saturated heterocycles. The lowest BCUT2D eigenvalue weighted by molar-refractivity contribution is -0.205. The van der Waals surface area contributed by atoms with E-state index in [4.69, 9.17) is 46.0 Å². The number of unbranched alkanes of at least 4 members (excludes halogenated alkanes) is 13. The number of rotatable bonds is 21. The summed E-state index contributed by atoms with van der Waals surface area (Å²) in [5.41, 5.74) is 0. The minimum Gasteiger partial charge on any atom is -0.477 e. The number of carboxylic acids is 1. The van der Waals surface area contributed by atoms with Gasteiger partial charge in [-0.15, -0.1) is 0 Å². The predicted molar refractivity (Wildman–Crippen MR) is 128 cm³/mol. The van der Waals surface area contributed by atoms with E-state index in [1.807, 2.05) is 0 Å². The summed E-state index contributed by atoms with van der Waals surface area (Å²) in [6.07, 6.45) is 10.6. The van der Waals surface area contributed by atoms with Crippen LogP contribution in [0.15, 0.2) is 0 Å². The van der Waals surface area contributed by atoms with Gasteiger partial charge in [0.15, 0.2) is 0 Å². The third-order valence-corrected chi connectivity index (χ3v) is 5.73. The number of aliphatic hydroxyl groups excluding tert-OH is 6. The highest BCUT2D eigenvalue weighted by atomic mass is 16.5. The van der Waals surface area contributed by atoms with E-state index in [1.165, 1.54) is 64.2 Å². The molecule has 0 heterocycles. The Morgan fingerprint density at radius 2 is 0.912 bits per heavy atom. The first-order valence-electron chi connectivity index (χ1n) is 12.7. The Bertz CT molecular complexity index is 447. The minimum absolute atomic E-state index is 0.0830. The summed E-state index contributed by atoms with van der Waals surface area (Å²) in [4.78, 5) is 10.5. The van der Waals surface area contributed by atoms with Crippen molar-refractivity contribution >= 4 is 5.97 Å². The van der Waals surface area contributed by atoms with Crippen LogP contribution in [0.1, 0.15) is 103 Å². The Balaban J connectivity index is 0. The molecule has 9 N–H and O–H groups in total. The molecule has 0 aliphatic heterocycles. The van der Waals surface area contributed by atoms with E-state index in [1.54, 1.807) is 0 Å². The summed E-state index contributed by atoms with van der Waals surface area (Å²) < 4.78 is 0. The molecule has 206 valence electrons. The van der Waals surface area contributed by atoms with Crippen molar-refractivity contribution < 1.29 is 50.8 Å². The van der Waals surface area contributed by atoms with Crippen molar-refractivity contribution in [2.45, 2.75) is 133 Å². The van der Waals surface area contributed by atoms with Crippen LogP contribution in [0.4, 0.5) is 0 Å². The van der Waals surface area contributed by atoms with Crippen molar-refractivity contribution in [1.82, 2.24) is 0 Å². The molecule has 0 fully saturated rings. The van der Waals surface area contributed by atoms with Gasteiger partial charge in [0.25, 0.3) is 5.79 Å². The summed E-state index contributed by atoms with van der Waals surface area (Å²) in [6, 6.07) is 0. The van der Waals surface area contributed by atoms with Crippen molar-refractivity contribution in [2.75, 3.05) is 13.2 Å². The quantitative estimate of drug-likeness (QED) is 0.0813. The van der Waals surface area contributed by atoms with Crippen molar-refractivity contribution in [3.8, 4) is 0 Å². The summed E-state index contributed by atoms with van der Waals surface area (Å²) in [5, 5.41) is 79.0. The molecule has 0 saturated carbocycles. The van der Waals surface area contributed by atoms with Crippen LogP contribution < -0.4 is 0 Å². The molecule has 0 rings (SSSR count). The Kier molecular flexibility index (Phi) is 23.5. The normalized spacial score (nSPS) is 15.2. The van der Waals surface area contributed by atoms with Gasteiger partial charge in [-0.1, -0.05) is 90.4 Å². The Labute approximate surface area is 203 Å². The van der Waals surface area contributed by atoms with Crippen LogP contribution in [0, 0.1) is 0 Å². The number of hydrogen-bond donors (Lipinski definition) is 9. The Morgan fingerprint density at radius 1 is 0.618 bits per heavy atom. The van der Waals surface area contributed by atoms with Gasteiger partial charge in [-0.25, -0.2) is 4.79 Å². The highest BCUT2D eigenvalue weighted by Gasteiger charge is 2.32. The van der Waals surface area contributed by atoms with Gasteiger partial charge in [0.1, 0.15) is 24.4 Å². The summed E-state index contributed by atoms with van der Waals surface area (Å²) >= 11 is 0. The van der Waals surface area contributed by atoms with Gasteiger partial charge in [0, 0.05) is 6.42 Å². The zero-order chi connectivity index (χ0) is 26.4. The fourth-order valence-electron chi connectivity index (χ4n) is 3.34. The molecule has 4 atom stereocenters. The molecule has 10 heteroatoms. The van der Waals surface area contributed by atoms with E-state index in [2.05, 4.69) is 6.92 Å². The maximum Gasteiger partial charge on any atom is 0.364 e. The van der Waals surface area contributed by atoms with E-state index in [-0.39, 0.29) is 6.42 Å². The minimum atomic E-state index is -2.54. The van der Waals surface area contributed by atoms with Crippen molar-refractivity contribution in [1.29, 1.82) is 0 Å². The lowest BCUT2D eigenvalue weighted by Gasteiger charge is -2.24. The Morgan fingerprint density at radius 3 is 1.18 bits per heavy atom. The molecule has 0 amide bonds. The zero-order valence-corrected chi connectivity index (χ0v) is 20.8. The van der Waals surface area contributed by atoms with Crippen LogP contribution in [0.5, 0.6) is 0 Å². The molecular weight excluding hydrogens is 448 g/mol. The average Bonchev–Trinajstić information content (AvgIpc) is 2.82. The molecule has 0 bridgehead atoms. The van der Waals surface area contributed by atoms with E-state index in [0.717, 1.165) is 19.3 Å². The van der Waals surface area contributed by atoms with Gasteiger partial charge < -0.3 is 46.0 Å². The van der Waals surface area contributed by atoms with Gasteiger partial charge in [-0.05, 0) is 6.42 Å². The lowest BCUT2D eigenvalue weighted by Crippen LogP contribution is -2.46. The van der Waals surface area contributed by atoms with Gasteiger partial charge >= 0.3 is 5.97 Å². The van der Waals surface area contributed by atoms with Crippen LogP contribution in [-0.4, -0.2) is 95.3 Å². The standard InChI is InChI=1S/C18H36O4.C6H14O6/c1-2-3-4-5-6-7-8-9-10-11-12-13-14-15-16-18(21,22)17(19)20;7-1-3(9)5(11)6(12)4(10)2-8/h21-22H,2-16H2,1H3,(H,19,20);3-12H,1-2H2. The molecule has 0 aromatic heterocycles. The molecule has 0 aliphatic rings. The van der Waals surface area contributed by atoms with Gasteiger partial charge in [0.2, 0.25) is 0 Å². The van der Waals surface area contributed by atoms with Gasteiger partial charge in [-0.3, -0.25) is 0 Å². The molecule has 34 heavy (non-hydrogen) atoms. The maximum absolute atomic E-state index is 10.5. The lowest BCUT2D eigenvalue weighted by atomic mass is 10.0. The first kappa shape index (κ1) is 35.3. The van der Waals surface area contributed by atoms with Crippen LogP contribution >= 0.6 is 0 Å². The van der Waals surface area contributed by atoms with Crippen molar-refractivity contribution in [3.63, 3.8) is 0 Å². The SMILES string of the molecule is CCCCCCCCCCCCCCCCC(O)(O)C(=O)O.OCC(O)C(O)C(O)C(O)CO. The monoisotopic (exact) mass is 498 g/mol. The number of carbonyl (C=O) groups is 1. The summed E-state index contributed by atoms with van der Waals surface area (Å²) in [6.45, 7) is 0.795. The number of aliphatic carboxylic acids is 1. The van der Waals surface area contributed by atoms with Gasteiger partial charge in [0.05, 0.1) is 13.2 Å². The van der Waals surface area contributed by atoms with E-state index in [9.17, 15) is 4.79 Å². The molecule has 0 spiro atoms. The second-order valence-electron chi connectivity index (χ2n) is 8.95. The number of hydrogen-bond acceptors (Lipinski definition) is 9. The highest BCUT2D eigenvalue weighted by Crippen LogP contribution is 2.16. The molecule has 0 aliphatic carbocycles. The van der Waals surface area contributed by atoms with E-state index < -0.39 is 49.4 Å². The first-order valence-corrected chi connectivity index (χ1v) is 12.7. The highest BCUT2D eigenvalue weighted by molar-refractivity contribution is 5.74. The largest absolute Gasteiger partial charge is 0.477 e. The smallest absolute Gasteiger partial charge is 0.364 e. The third kappa shape index (κ3) is 19.5. The Hall–Kier alpha value is -0.850. The fraction of sp³-hybridized carbons (Fsp3) is 0.958. The maximum atomic E-state index is 10.5. The summed E-state index contributed by atoms with van der Waals surface area (Å²) in [5.74, 6) is -4.10. The summed E-state index contributed by atoms with van der Waals surface area (Å²) in [7, 11) is 0. The van der Waals surface area contributed by atoms with E-state index in [0.29, 0.717) is 6.42 Å². The average molecular weight is 499 g/mol. The molecule has 0 aromatic carbocycles. The van der Waals surface area contributed by atoms with Crippen molar-refractivity contribution in [2.24, 2.45) is 0 Å². The fourth-order valence-corrected chi connectivity index (χ4v) is 3.34. The molecule has 0 radical (unpaired) electrons. The molecule has 0 aromatic rings. The van der Waals surface area contributed by atoms with Crippen LogP contribution in [0.3, 0.4) is 0 Å². The van der Waals surface area contributed by atoms with E-state index >= 15 is 0 Å². The van der Waals surface area contributed by atoms with Crippen molar-refractivity contribution in [3.05, 3.63) is 0 Å². The number of aliphatic hydroxyl groups is 8. The predicted octanol–water partition coefficient (Wildman–Crippen LogP) is 1.04. The second-order valence-corrected chi connectivity index (χ2v) is 8.95. The third-order valence-electron chi connectivity index (χ3n) is 5.73. The molecule has 4 unspecified atom stereocenters. The van der Waals surface area contributed by atoms with Crippen LogP contribution in [0.25, 0.3) is 0 Å². The van der Waals surface area contributed by atoms with Crippen LogP contribution in [0.2, 0.25) is 0 Å². The zero-order valence-electron chi connectivity index (χ0n) is 20.8. The van der Waals surface area contributed by atoms with Gasteiger partial charge in [-0.2, -0.15) is 0 Å². The topological polar surface area (TPSA) is 199 Å². The van der Waals surface area contributed by atoms with Crippen LogP contribution in [-0.2, 0) is 4.79 Å². The second kappa shape index (κ2) is 22.6. The molecule has 10 nitrogen and oxygen atoms in total. The first-order chi connectivity index (χ1) is 16.0. The molecular formula is C24H50O10. The number of carboxylic acid groups (broad SMARTS) is 1.